The average molecular weight is 139 g/mol. The van der Waals surface area contributed by atoms with Crippen LogP contribution in [0.5, 0.6) is 0 Å². The maximum absolute atomic E-state index is 7.94. The molecule has 0 aliphatic heterocycles. The summed E-state index contributed by atoms with van der Waals surface area (Å²) < 4.78 is 7.94. The molecule has 0 saturated carbocycles. The first kappa shape index (κ1) is 18.1. The van der Waals surface area contributed by atoms with Crippen LogP contribution in [-0.2, 0) is 36.6 Å². The van der Waals surface area contributed by atoms with E-state index in [0.717, 1.165) is 0 Å². The minimum atomic E-state index is 0. The Balaban J connectivity index is -0.00000000500. The summed E-state index contributed by atoms with van der Waals surface area (Å²) in [6.07, 6.45) is 0. The Kier molecular flexibility index (Phi) is 116. The zero-order chi connectivity index (χ0) is 2.00. The molecule has 1 nitrogen and oxygen atoms in total. The zero-order valence-corrected chi connectivity index (χ0v) is 3.24. The van der Waals surface area contributed by atoms with Gasteiger partial charge in [0.2, 0.25) is 0 Å². The molecule has 0 aliphatic rings. The van der Waals surface area contributed by atoms with Crippen molar-refractivity contribution < 1.29 is 36.6 Å². The van der Waals surface area contributed by atoms with Gasteiger partial charge in [0.05, 0.1) is 0 Å². The van der Waals surface area contributed by atoms with Crippen LogP contribution < -0.4 is 0 Å². The summed E-state index contributed by atoms with van der Waals surface area (Å²) in [5.41, 5.74) is 0. The van der Waals surface area contributed by atoms with Crippen LogP contribution in [-0.4, -0.2) is 18.9 Å². The van der Waals surface area contributed by atoms with E-state index in [2.05, 4.69) is 15.7 Å². The SMILES string of the molecule is [Fe].[LiH].[O]=[Co]. The second kappa shape index (κ2) is 25.6. The van der Waals surface area contributed by atoms with E-state index < -0.39 is 0 Å². The van der Waals surface area contributed by atoms with Crippen molar-refractivity contribution in [2.24, 2.45) is 0 Å². The van der Waals surface area contributed by atoms with Crippen LogP contribution >= 0.6 is 0 Å². The molecule has 4 heavy (non-hydrogen) atoms. The van der Waals surface area contributed by atoms with Crippen LogP contribution in [0.15, 0.2) is 0 Å². The molecule has 0 fully saturated rings. The number of hydrogen-bond donors (Lipinski definition) is 0. The average Bonchev–Trinajstić information content (AvgIpc) is 1.00. The monoisotopic (exact) mass is 139 g/mol. The summed E-state index contributed by atoms with van der Waals surface area (Å²) in [6.45, 7) is 0. The molecule has 0 aromatic heterocycles. The van der Waals surface area contributed by atoms with Crippen LogP contribution in [0.4, 0.5) is 0 Å². The Morgan fingerprint density at radius 3 is 1.25 bits per heavy atom. The molecule has 0 aliphatic carbocycles. The molecule has 0 unspecified atom stereocenters. The van der Waals surface area contributed by atoms with Gasteiger partial charge in [0, 0.05) is 17.1 Å². The summed E-state index contributed by atoms with van der Waals surface area (Å²) in [6, 6.07) is 0. The topological polar surface area (TPSA) is 17.1 Å². The maximum atomic E-state index is 7.94. The predicted octanol–water partition coefficient (Wildman–Crippen LogP) is -0.772. The van der Waals surface area contributed by atoms with Gasteiger partial charge in [-0.2, -0.15) is 0 Å². The molecule has 0 aromatic carbocycles. The van der Waals surface area contributed by atoms with Gasteiger partial charge in [-0.1, -0.05) is 0 Å². The van der Waals surface area contributed by atoms with E-state index >= 15 is 0 Å². The Bertz CT molecular complexity index is 8.00. The van der Waals surface area contributed by atoms with E-state index in [4.69, 9.17) is 3.87 Å². The molecule has 0 amide bonds. The van der Waals surface area contributed by atoms with Gasteiger partial charge in [0.1, 0.15) is 0 Å². The van der Waals surface area contributed by atoms with Gasteiger partial charge in [-0.25, -0.2) is 0 Å². The third kappa shape index (κ3) is 9.92. The summed E-state index contributed by atoms with van der Waals surface area (Å²) in [4.78, 5) is 0. The second-order valence-corrected chi connectivity index (χ2v) is 0. The first-order valence-electron chi connectivity index (χ1n) is 0.136. The number of hydrogen-bond acceptors (Lipinski definition) is 1. The molecule has 0 bridgehead atoms. The fraction of sp³-hybridized carbons (Fsp3) is 0. The van der Waals surface area contributed by atoms with Crippen LogP contribution in [0, 0.1) is 0 Å². The third-order valence-corrected chi connectivity index (χ3v) is 0. The first-order valence-corrected chi connectivity index (χ1v) is 0.561. The quantitative estimate of drug-likeness (QED) is 0.402. The summed E-state index contributed by atoms with van der Waals surface area (Å²) in [7, 11) is 0. The fourth-order valence-corrected chi connectivity index (χ4v) is 0. The van der Waals surface area contributed by atoms with E-state index in [0.29, 0.717) is 0 Å². The molecule has 0 N–H and O–H groups in total. The zero-order valence-electron chi connectivity index (χ0n) is 1.10. The normalized spacial score (nSPS) is 1.25. The van der Waals surface area contributed by atoms with Crippen molar-refractivity contribution in [3.63, 3.8) is 0 Å². The first-order chi connectivity index (χ1) is 1.00. The van der Waals surface area contributed by atoms with Crippen molar-refractivity contribution in [3.8, 4) is 0 Å². The Labute approximate surface area is 55.3 Å². The Morgan fingerprint density at radius 2 is 1.25 bits per heavy atom. The van der Waals surface area contributed by atoms with Crippen LogP contribution in [0.3, 0.4) is 0 Å². The van der Waals surface area contributed by atoms with Crippen LogP contribution in [0.2, 0.25) is 0 Å². The number of rotatable bonds is 0. The summed E-state index contributed by atoms with van der Waals surface area (Å²) in [5, 5.41) is 0. The van der Waals surface area contributed by atoms with Crippen molar-refractivity contribution in [1.82, 2.24) is 0 Å². The standard InChI is InChI=1S/Co.Fe.Li.O.H. The Hall–Kier alpha value is 1.42. The second-order valence-electron chi connectivity index (χ2n) is 0. The fourth-order valence-electron chi connectivity index (χ4n) is 0. The van der Waals surface area contributed by atoms with Gasteiger partial charge in [-0.05, 0) is 0 Å². The van der Waals surface area contributed by atoms with Gasteiger partial charge in [-0.3, -0.25) is 0 Å². The minimum absolute atomic E-state index is 0. The molecule has 4 heteroatoms. The molecular formula is HCoFeLiO. The van der Waals surface area contributed by atoms with Crippen molar-refractivity contribution in [3.05, 3.63) is 0 Å². The van der Waals surface area contributed by atoms with Crippen molar-refractivity contribution in [2.75, 3.05) is 0 Å². The van der Waals surface area contributed by atoms with E-state index in [9.17, 15) is 0 Å². The van der Waals surface area contributed by atoms with Gasteiger partial charge in [0.25, 0.3) is 0 Å². The van der Waals surface area contributed by atoms with Crippen molar-refractivity contribution in [1.29, 1.82) is 0 Å². The van der Waals surface area contributed by atoms with Gasteiger partial charge >= 0.3 is 38.4 Å². The van der Waals surface area contributed by atoms with Gasteiger partial charge in [0.15, 0.2) is 0 Å². The molecule has 0 spiro atoms. The van der Waals surface area contributed by atoms with Crippen molar-refractivity contribution >= 4 is 18.9 Å². The summed E-state index contributed by atoms with van der Waals surface area (Å²) >= 11 is 2.31. The molecule has 25 valence electrons. The van der Waals surface area contributed by atoms with Crippen LogP contribution in [0.1, 0.15) is 0 Å². The van der Waals surface area contributed by atoms with Crippen molar-refractivity contribution in [2.45, 2.75) is 0 Å². The molecule has 0 atom stereocenters. The molecule has 0 heterocycles. The third-order valence-electron chi connectivity index (χ3n) is 0. The predicted molar refractivity (Wildman–Crippen MR) is 7.84 cm³/mol. The van der Waals surface area contributed by atoms with E-state index in [1.54, 1.807) is 0 Å². The Morgan fingerprint density at radius 1 is 1.25 bits per heavy atom. The van der Waals surface area contributed by atoms with E-state index in [-0.39, 0.29) is 35.9 Å². The van der Waals surface area contributed by atoms with E-state index in [1.807, 2.05) is 0 Å². The molecule has 0 radical (unpaired) electrons. The molecule has 0 aromatic rings. The molecular weight excluding hydrogens is 138 g/mol. The summed E-state index contributed by atoms with van der Waals surface area (Å²) in [5.74, 6) is 0. The van der Waals surface area contributed by atoms with Gasteiger partial charge in [-0.15, -0.1) is 0 Å². The van der Waals surface area contributed by atoms with E-state index in [1.165, 1.54) is 0 Å². The molecule has 0 saturated heterocycles. The van der Waals surface area contributed by atoms with Crippen LogP contribution in [0.25, 0.3) is 0 Å². The van der Waals surface area contributed by atoms with Gasteiger partial charge < -0.3 is 0 Å². The molecule has 0 rings (SSSR count).